The lowest BCUT2D eigenvalue weighted by Gasteiger charge is -2.38. The molecule has 1 aliphatic rings. The van der Waals surface area contributed by atoms with Crippen molar-refractivity contribution in [1.82, 2.24) is 5.32 Å². The monoisotopic (exact) mass is 256 g/mol. The standard InChI is InChI=1S/C14H28N2O2/c1-3-4-12(7-8-15)5-6-13(17)16-9-14(2)10-18-11-14/h12H,3-11,15H2,1-2H3,(H,16,17). The van der Waals surface area contributed by atoms with E-state index in [2.05, 4.69) is 19.2 Å². The van der Waals surface area contributed by atoms with Gasteiger partial charge in [0.25, 0.3) is 0 Å². The highest BCUT2D eigenvalue weighted by Crippen LogP contribution is 2.25. The van der Waals surface area contributed by atoms with E-state index in [1.807, 2.05) is 0 Å². The first-order valence-corrected chi connectivity index (χ1v) is 7.14. The molecule has 106 valence electrons. The van der Waals surface area contributed by atoms with Crippen molar-refractivity contribution in [1.29, 1.82) is 0 Å². The summed E-state index contributed by atoms with van der Waals surface area (Å²) >= 11 is 0. The first kappa shape index (κ1) is 15.4. The van der Waals surface area contributed by atoms with Crippen molar-refractivity contribution < 1.29 is 9.53 Å². The molecule has 0 spiro atoms. The summed E-state index contributed by atoms with van der Waals surface area (Å²) in [6.07, 6.45) is 4.97. The van der Waals surface area contributed by atoms with Crippen molar-refractivity contribution >= 4 is 5.91 Å². The quantitative estimate of drug-likeness (QED) is 0.660. The van der Waals surface area contributed by atoms with Crippen LogP contribution in [0.1, 0.15) is 46.0 Å². The van der Waals surface area contributed by atoms with Gasteiger partial charge in [-0.25, -0.2) is 0 Å². The van der Waals surface area contributed by atoms with Gasteiger partial charge in [-0.3, -0.25) is 4.79 Å². The van der Waals surface area contributed by atoms with Crippen LogP contribution in [0, 0.1) is 11.3 Å². The van der Waals surface area contributed by atoms with Gasteiger partial charge in [0.05, 0.1) is 13.2 Å². The highest BCUT2D eigenvalue weighted by molar-refractivity contribution is 5.75. The van der Waals surface area contributed by atoms with Crippen molar-refractivity contribution in [2.75, 3.05) is 26.3 Å². The summed E-state index contributed by atoms with van der Waals surface area (Å²) < 4.78 is 5.17. The number of amides is 1. The van der Waals surface area contributed by atoms with Crippen molar-refractivity contribution in [3.05, 3.63) is 0 Å². The third-order valence-corrected chi connectivity index (χ3v) is 3.66. The molecule has 1 atom stereocenters. The van der Waals surface area contributed by atoms with Gasteiger partial charge >= 0.3 is 0 Å². The Morgan fingerprint density at radius 3 is 2.61 bits per heavy atom. The number of ether oxygens (including phenoxy) is 1. The van der Waals surface area contributed by atoms with E-state index >= 15 is 0 Å². The zero-order valence-corrected chi connectivity index (χ0v) is 11.8. The summed E-state index contributed by atoms with van der Waals surface area (Å²) in [6.45, 7) is 7.31. The highest BCUT2D eigenvalue weighted by Gasteiger charge is 2.33. The van der Waals surface area contributed by atoms with Crippen molar-refractivity contribution in [2.24, 2.45) is 17.1 Å². The van der Waals surface area contributed by atoms with Crippen LogP contribution >= 0.6 is 0 Å². The van der Waals surface area contributed by atoms with Crippen molar-refractivity contribution in [3.63, 3.8) is 0 Å². The van der Waals surface area contributed by atoms with Gasteiger partial charge in [-0.05, 0) is 25.3 Å². The third-order valence-electron chi connectivity index (χ3n) is 3.66. The van der Waals surface area contributed by atoms with E-state index in [0.29, 0.717) is 12.3 Å². The van der Waals surface area contributed by atoms with Crippen LogP contribution in [0.5, 0.6) is 0 Å². The molecule has 0 aliphatic carbocycles. The van der Waals surface area contributed by atoms with E-state index in [-0.39, 0.29) is 11.3 Å². The minimum absolute atomic E-state index is 0.162. The van der Waals surface area contributed by atoms with Crippen LogP contribution in [0.3, 0.4) is 0 Å². The van der Waals surface area contributed by atoms with E-state index in [1.54, 1.807) is 0 Å². The molecular weight excluding hydrogens is 228 g/mol. The lowest BCUT2D eigenvalue weighted by molar-refractivity contribution is -0.127. The van der Waals surface area contributed by atoms with Gasteiger partial charge in [-0.1, -0.05) is 26.7 Å². The molecule has 0 bridgehead atoms. The smallest absolute Gasteiger partial charge is 0.220 e. The summed E-state index contributed by atoms with van der Waals surface area (Å²) in [6, 6.07) is 0. The molecule has 1 saturated heterocycles. The number of carbonyl (C=O) groups is 1. The zero-order valence-electron chi connectivity index (χ0n) is 11.8. The third kappa shape index (κ3) is 5.36. The lowest BCUT2D eigenvalue weighted by Crippen LogP contribution is -2.48. The molecule has 1 rings (SSSR count). The van der Waals surface area contributed by atoms with Crippen LogP contribution in [0.25, 0.3) is 0 Å². The molecule has 4 heteroatoms. The first-order chi connectivity index (χ1) is 8.59. The Balaban J connectivity index is 2.14. The van der Waals surface area contributed by atoms with Crippen LogP contribution in [0.15, 0.2) is 0 Å². The molecule has 0 aromatic carbocycles. The van der Waals surface area contributed by atoms with Crippen LogP contribution in [-0.4, -0.2) is 32.2 Å². The second-order valence-corrected chi connectivity index (χ2v) is 5.85. The topological polar surface area (TPSA) is 64.4 Å². The van der Waals surface area contributed by atoms with Gasteiger partial charge in [0.15, 0.2) is 0 Å². The molecule has 18 heavy (non-hydrogen) atoms. The number of carbonyl (C=O) groups excluding carboxylic acids is 1. The Kier molecular flexibility index (Phi) is 6.65. The Labute approximate surface area is 111 Å². The van der Waals surface area contributed by atoms with Gasteiger partial charge in [0.1, 0.15) is 0 Å². The average molecular weight is 256 g/mol. The molecule has 1 aliphatic heterocycles. The molecule has 0 saturated carbocycles. The maximum Gasteiger partial charge on any atom is 0.220 e. The maximum atomic E-state index is 11.8. The van der Waals surface area contributed by atoms with Gasteiger partial charge in [-0.2, -0.15) is 0 Å². The predicted octanol–water partition coefficient (Wildman–Crippen LogP) is 1.68. The Bertz CT molecular complexity index is 246. The SMILES string of the molecule is CCCC(CCN)CCC(=O)NCC1(C)COC1. The highest BCUT2D eigenvalue weighted by atomic mass is 16.5. The Morgan fingerprint density at radius 1 is 1.39 bits per heavy atom. The second kappa shape index (κ2) is 7.74. The van der Waals surface area contributed by atoms with Crippen LogP contribution in [0.4, 0.5) is 0 Å². The Hall–Kier alpha value is -0.610. The van der Waals surface area contributed by atoms with Crippen molar-refractivity contribution in [2.45, 2.75) is 46.0 Å². The normalized spacial score (nSPS) is 19.1. The van der Waals surface area contributed by atoms with Gasteiger partial charge in [0.2, 0.25) is 5.91 Å². The molecule has 3 N–H and O–H groups in total. The minimum atomic E-state index is 0.162. The fraction of sp³-hybridized carbons (Fsp3) is 0.929. The molecule has 0 radical (unpaired) electrons. The number of nitrogens with one attached hydrogen (secondary N) is 1. The fourth-order valence-corrected chi connectivity index (χ4v) is 2.37. The fourth-order valence-electron chi connectivity index (χ4n) is 2.37. The molecule has 0 aromatic rings. The summed E-state index contributed by atoms with van der Waals surface area (Å²) in [5.41, 5.74) is 5.76. The molecule has 1 amide bonds. The number of hydrogen-bond acceptors (Lipinski definition) is 3. The molecule has 1 fully saturated rings. The number of rotatable bonds is 9. The molecule has 1 heterocycles. The van der Waals surface area contributed by atoms with Crippen LogP contribution in [0.2, 0.25) is 0 Å². The van der Waals surface area contributed by atoms with E-state index in [0.717, 1.165) is 39.1 Å². The van der Waals surface area contributed by atoms with Crippen molar-refractivity contribution in [3.8, 4) is 0 Å². The molecule has 1 unspecified atom stereocenters. The number of hydrogen-bond donors (Lipinski definition) is 2. The van der Waals surface area contributed by atoms with E-state index in [1.165, 1.54) is 12.8 Å². The van der Waals surface area contributed by atoms with E-state index in [9.17, 15) is 4.79 Å². The van der Waals surface area contributed by atoms with E-state index in [4.69, 9.17) is 10.5 Å². The van der Waals surface area contributed by atoms with Crippen LogP contribution < -0.4 is 11.1 Å². The molecule has 4 nitrogen and oxygen atoms in total. The van der Waals surface area contributed by atoms with E-state index < -0.39 is 0 Å². The maximum absolute atomic E-state index is 11.8. The largest absolute Gasteiger partial charge is 0.380 e. The van der Waals surface area contributed by atoms with Gasteiger partial charge < -0.3 is 15.8 Å². The predicted molar refractivity (Wildman–Crippen MR) is 73.2 cm³/mol. The van der Waals surface area contributed by atoms with Crippen LogP contribution in [-0.2, 0) is 9.53 Å². The lowest BCUT2D eigenvalue weighted by atomic mass is 9.88. The molecular formula is C14H28N2O2. The summed E-state index contributed by atoms with van der Waals surface area (Å²) in [7, 11) is 0. The summed E-state index contributed by atoms with van der Waals surface area (Å²) in [5, 5.41) is 3.01. The zero-order chi connectivity index (χ0) is 13.4. The summed E-state index contributed by atoms with van der Waals surface area (Å²) in [5.74, 6) is 0.773. The Morgan fingerprint density at radius 2 is 2.11 bits per heavy atom. The molecule has 0 aromatic heterocycles. The average Bonchev–Trinajstić information content (AvgIpc) is 2.31. The van der Waals surface area contributed by atoms with Gasteiger partial charge in [-0.15, -0.1) is 0 Å². The van der Waals surface area contributed by atoms with Gasteiger partial charge in [0, 0.05) is 18.4 Å². The minimum Gasteiger partial charge on any atom is -0.380 e. The first-order valence-electron chi connectivity index (χ1n) is 7.14. The number of nitrogens with two attached hydrogens (primary N) is 1. The summed E-state index contributed by atoms with van der Waals surface area (Å²) in [4.78, 5) is 11.8. The second-order valence-electron chi connectivity index (χ2n) is 5.85.